The minimum atomic E-state index is 0.109. The summed E-state index contributed by atoms with van der Waals surface area (Å²) in [4.78, 5) is 0. The van der Waals surface area contributed by atoms with Crippen molar-refractivity contribution in [1.82, 2.24) is 0 Å². The van der Waals surface area contributed by atoms with E-state index in [0.29, 0.717) is 5.92 Å². The Balaban J connectivity index is 2.07. The van der Waals surface area contributed by atoms with Crippen molar-refractivity contribution in [3.8, 4) is 5.75 Å². The number of rotatable bonds is 10. The van der Waals surface area contributed by atoms with Crippen LogP contribution in [0.25, 0.3) is 0 Å². The molecule has 2 rings (SSSR count). The van der Waals surface area contributed by atoms with Crippen LogP contribution in [-0.4, -0.2) is 7.11 Å². The van der Waals surface area contributed by atoms with Crippen LogP contribution < -0.4 is 10.1 Å². The molecule has 2 aromatic rings. The lowest BCUT2D eigenvalue weighted by Gasteiger charge is -2.22. The first-order valence-electron chi connectivity index (χ1n) is 8.82. The first-order chi connectivity index (χ1) is 12.1. The molecule has 1 aromatic carbocycles. The normalized spacial score (nSPS) is 12.9. The van der Waals surface area contributed by atoms with Crippen LogP contribution in [0, 0.1) is 5.92 Å². The summed E-state index contributed by atoms with van der Waals surface area (Å²) in [5.74, 6) is 2.23. The van der Waals surface area contributed by atoms with Crippen LogP contribution in [0.3, 0.4) is 0 Å². The molecule has 0 radical (unpaired) electrons. The maximum Gasteiger partial charge on any atom is 0.125 e. The Morgan fingerprint density at radius 2 is 2.00 bits per heavy atom. The molecule has 0 bridgehead atoms. The fourth-order valence-electron chi connectivity index (χ4n) is 2.84. The summed E-state index contributed by atoms with van der Waals surface area (Å²) in [6.45, 7) is 8.30. The fraction of sp³-hybridized carbons (Fsp3) is 0.364. The molecule has 0 fully saturated rings. The topological polar surface area (TPSA) is 34.4 Å². The largest absolute Gasteiger partial charge is 0.497 e. The van der Waals surface area contributed by atoms with Crippen LogP contribution in [0.5, 0.6) is 5.75 Å². The van der Waals surface area contributed by atoms with Gasteiger partial charge < -0.3 is 14.5 Å². The Morgan fingerprint density at radius 1 is 1.24 bits per heavy atom. The predicted molar refractivity (Wildman–Crippen MR) is 105 cm³/mol. The van der Waals surface area contributed by atoms with Gasteiger partial charge in [0.2, 0.25) is 0 Å². The van der Waals surface area contributed by atoms with Gasteiger partial charge in [0, 0.05) is 5.69 Å². The maximum absolute atomic E-state index is 5.67. The Bertz CT molecular complexity index is 652. The molecule has 3 nitrogen and oxygen atoms in total. The molecule has 25 heavy (non-hydrogen) atoms. The van der Waals surface area contributed by atoms with E-state index in [1.54, 1.807) is 13.4 Å². The summed E-state index contributed by atoms with van der Waals surface area (Å²) in [5, 5.41) is 3.58. The Hall–Kier alpha value is -2.42. The number of nitrogens with one attached hydrogen (secondary N) is 1. The van der Waals surface area contributed by atoms with Gasteiger partial charge in [0.05, 0.1) is 19.4 Å². The standard InChI is InChI=1S/C22H29NO2/c1-5-18(9-6-8-17(2)3)16-21(22-10-7-15-25-22)23-19-11-13-20(24-4)14-12-19/h5,7-8,10-15,18,21,23H,1,6,9,16H2,2-4H3/t18-,21+/m0/s1. The lowest BCUT2D eigenvalue weighted by Crippen LogP contribution is -2.14. The van der Waals surface area contributed by atoms with Crippen molar-refractivity contribution in [2.75, 3.05) is 12.4 Å². The zero-order valence-electron chi connectivity index (χ0n) is 15.5. The second kappa shape index (κ2) is 9.77. The minimum absolute atomic E-state index is 0.109. The van der Waals surface area contributed by atoms with Crippen LogP contribution in [0.4, 0.5) is 5.69 Å². The van der Waals surface area contributed by atoms with Crippen molar-refractivity contribution < 1.29 is 9.15 Å². The Morgan fingerprint density at radius 3 is 2.56 bits per heavy atom. The summed E-state index contributed by atoms with van der Waals surface area (Å²) in [7, 11) is 1.68. The van der Waals surface area contributed by atoms with E-state index in [1.807, 2.05) is 36.4 Å². The summed E-state index contributed by atoms with van der Waals surface area (Å²) >= 11 is 0. The summed E-state index contributed by atoms with van der Waals surface area (Å²) < 4.78 is 10.9. The predicted octanol–water partition coefficient (Wildman–Crippen LogP) is 6.38. The van der Waals surface area contributed by atoms with Gasteiger partial charge in [-0.3, -0.25) is 0 Å². The van der Waals surface area contributed by atoms with Gasteiger partial charge >= 0.3 is 0 Å². The van der Waals surface area contributed by atoms with Gasteiger partial charge in [0.25, 0.3) is 0 Å². The van der Waals surface area contributed by atoms with Gasteiger partial charge in [-0.2, -0.15) is 0 Å². The highest BCUT2D eigenvalue weighted by Gasteiger charge is 2.18. The second-order valence-corrected chi connectivity index (χ2v) is 6.53. The molecule has 2 atom stereocenters. The van der Waals surface area contributed by atoms with Gasteiger partial charge in [-0.15, -0.1) is 6.58 Å². The molecule has 0 unspecified atom stereocenters. The molecule has 0 aliphatic carbocycles. The lowest BCUT2D eigenvalue weighted by molar-refractivity contribution is 0.414. The highest BCUT2D eigenvalue weighted by molar-refractivity contribution is 5.47. The number of furan rings is 1. The highest BCUT2D eigenvalue weighted by Crippen LogP contribution is 2.29. The zero-order valence-corrected chi connectivity index (χ0v) is 15.5. The first kappa shape index (κ1) is 18.9. The van der Waals surface area contributed by atoms with Gasteiger partial charge in [-0.1, -0.05) is 17.7 Å². The van der Waals surface area contributed by atoms with Crippen LogP contribution >= 0.6 is 0 Å². The molecule has 0 amide bonds. The van der Waals surface area contributed by atoms with Crippen LogP contribution in [0.15, 0.2) is 71.4 Å². The first-order valence-corrected chi connectivity index (χ1v) is 8.82. The van der Waals surface area contributed by atoms with Gasteiger partial charge in [-0.05, 0) is 75.4 Å². The number of anilines is 1. The molecule has 0 spiro atoms. The van der Waals surface area contributed by atoms with E-state index in [-0.39, 0.29) is 6.04 Å². The molecule has 0 aliphatic heterocycles. The van der Waals surface area contributed by atoms with Crippen molar-refractivity contribution in [1.29, 1.82) is 0 Å². The van der Waals surface area contributed by atoms with E-state index in [4.69, 9.17) is 9.15 Å². The molecular weight excluding hydrogens is 310 g/mol. The smallest absolute Gasteiger partial charge is 0.125 e. The fourth-order valence-corrected chi connectivity index (χ4v) is 2.84. The van der Waals surface area contributed by atoms with Crippen LogP contribution in [0.2, 0.25) is 0 Å². The van der Waals surface area contributed by atoms with Gasteiger partial charge in [-0.25, -0.2) is 0 Å². The van der Waals surface area contributed by atoms with E-state index in [2.05, 4.69) is 37.9 Å². The summed E-state index contributed by atoms with van der Waals surface area (Å²) in [6, 6.07) is 12.0. The average Bonchev–Trinajstić information content (AvgIpc) is 3.15. The van der Waals surface area contributed by atoms with Crippen molar-refractivity contribution in [2.24, 2.45) is 5.92 Å². The number of hydrogen-bond donors (Lipinski definition) is 1. The van der Waals surface area contributed by atoms with E-state index in [0.717, 1.165) is 36.5 Å². The van der Waals surface area contributed by atoms with E-state index in [9.17, 15) is 0 Å². The van der Waals surface area contributed by atoms with Crippen LogP contribution in [0.1, 0.15) is 44.9 Å². The number of methoxy groups -OCH3 is 1. The third-order valence-electron chi connectivity index (χ3n) is 4.28. The van der Waals surface area contributed by atoms with E-state index < -0.39 is 0 Å². The van der Waals surface area contributed by atoms with Gasteiger partial charge in [0.1, 0.15) is 11.5 Å². The van der Waals surface area contributed by atoms with Gasteiger partial charge in [0.15, 0.2) is 0 Å². The molecule has 134 valence electrons. The van der Waals surface area contributed by atoms with Crippen molar-refractivity contribution in [3.05, 3.63) is 72.7 Å². The van der Waals surface area contributed by atoms with E-state index >= 15 is 0 Å². The SMILES string of the molecule is C=C[C@@H](CCC=C(C)C)C[C@@H](Nc1ccc(OC)cc1)c1ccco1. The molecular formula is C22H29NO2. The third kappa shape index (κ3) is 6.18. The third-order valence-corrected chi connectivity index (χ3v) is 4.28. The molecule has 3 heteroatoms. The quantitative estimate of drug-likeness (QED) is 0.510. The maximum atomic E-state index is 5.67. The van der Waals surface area contributed by atoms with Crippen molar-refractivity contribution >= 4 is 5.69 Å². The van der Waals surface area contributed by atoms with Crippen molar-refractivity contribution in [2.45, 2.75) is 39.2 Å². The number of benzene rings is 1. The number of allylic oxidation sites excluding steroid dienone is 3. The minimum Gasteiger partial charge on any atom is -0.497 e. The molecule has 0 saturated heterocycles. The molecule has 1 aromatic heterocycles. The Kier molecular flexibility index (Phi) is 7.39. The molecule has 0 saturated carbocycles. The second-order valence-electron chi connectivity index (χ2n) is 6.53. The van der Waals surface area contributed by atoms with E-state index in [1.165, 1.54) is 5.57 Å². The van der Waals surface area contributed by atoms with Crippen LogP contribution in [-0.2, 0) is 0 Å². The average molecular weight is 339 g/mol. The highest BCUT2D eigenvalue weighted by atomic mass is 16.5. The zero-order chi connectivity index (χ0) is 18.1. The monoisotopic (exact) mass is 339 g/mol. The summed E-state index contributed by atoms with van der Waals surface area (Å²) in [6.07, 6.45) is 9.19. The molecule has 0 aliphatic rings. The molecule has 1 N–H and O–H groups in total. The Labute approximate surface area is 151 Å². The van der Waals surface area contributed by atoms with Crippen molar-refractivity contribution in [3.63, 3.8) is 0 Å². The lowest BCUT2D eigenvalue weighted by atomic mass is 9.93. The number of hydrogen-bond acceptors (Lipinski definition) is 3. The summed E-state index contributed by atoms with van der Waals surface area (Å²) in [5.41, 5.74) is 2.41. The molecule has 1 heterocycles. The number of ether oxygens (including phenoxy) is 1.